The molecule has 3 N–H and O–H groups in total. The molecule has 3 nitrogen and oxygen atoms in total. The second kappa shape index (κ2) is 5.19. The van der Waals surface area contributed by atoms with E-state index in [1.807, 2.05) is 6.07 Å². The van der Waals surface area contributed by atoms with Gasteiger partial charge in [-0.1, -0.05) is 30.3 Å². The second-order valence-corrected chi connectivity index (χ2v) is 3.03. The second-order valence-electron chi connectivity index (χ2n) is 2.76. The molecular weight excluding hydrogens is 190 g/mol. The Kier molecular flexibility index (Phi) is 4.18. The van der Waals surface area contributed by atoms with Crippen LogP contribution in [0.5, 0.6) is 0 Å². The minimum absolute atomic E-state index is 0.150. The Balaban J connectivity index is 2.62. The number of halogens is 1. The molecule has 0 saturated heterocycles. The van der Waals surface area contributed by atoms with Gasteiger partial charge in [0.1, 0.15) is 6.10 Å². The number of hydrogen-bond acceptors (Lipinski definition) is 3. The molecule has 0 bridgehead atoms. The van der Waals surface area contributed by atoms with E-state index >= 15 is 0 Å². The van der Waals surface area contributed by atoms with Crippen LogP contribution in [0.15, 0.2) is 30.3 Å². The van der Waals surface area contributed by atoms with Crippen LogP contribution in [0.3, 0.4) is 0 Å². The lowest BCUT2D eigenvalue weighted by molar-refractivity contribution is 0.0223. The van der Waals surface area contributed by atoms with Crippen molar-refractivity contribution in [3.8, 4) is 0 Å². The Bertz CT molecular complexity index is 243. The molecular formula is C9H12ClNO2. The summed E-state index contributed by atoms with van der Waals surface area (Å²) in [4.78, 5) is 2.28. The molecule has 0 aliphatic carbocycles. The van der Waals surface area contributed by atoms with E-state index in [2.05, 4.69) is 4.84 Å². The molecule has 1 rings (SSSR count). The van der Waals surface area contributed by atoms with E-state index in [-0.39, 0.29) is 6.54 Å². The minimum atomic E-state index is -0.896. The highest BCUT2D eigenvalue weighted by atomic mass is 35.5. The highest BCUT2D eigenvalue weighted by molar-refractivity contribution is 6.13. The molecule has 0 aliphatic heterocycles. The highest BCUT2D eigenvalue weighted by Crippen LogP contribution is 2.15. The molecule has 0 amide bonds. The molecule has 0 aliphatic rings. The van der Waals surface area contributed by atoms with Crippen LogP contribution < -0.4 is 4.84 Å². The van der Waals surface area contributed by atoms with Crippen molar-refractivity contribution in [3.05, 3.63) is 35.9 Å². The van der Waals surface area contributed by atoms with E-state index in [0.29, 0.717) is 5.56 Å². The first-order valence-electron chi connectivity index (χ1n) is 4.00. The average molecular weight is 202 g/mol. The largest absolute Gasteiger partial charge is 0.389 e. The standard InChI is InChI=1S/C9H12ClNO2/c10-11-6-8(12)9(13)7-4-2-1-3-5-7/h1-5,8-9,11-13H,6H2. The lowest BCUT2D eigenvalue weighted by Crippen LogP contribution is -2.27. The van der Waals surface area contributed by atoms with Gasteiger partial charge in [-0.2, -0.15) is 0 Å². The maximum Gasteiger partial charge on any atom is 0.106 e. The van der Waals surface area contributed by atoms with Crippen LogP contribution in [0.1, 0.15) is 11.7 Å². The maximum atomic E-state index is 9.57. The van der Waals surface area contributed by atoms with Gasteiger partial charge in [0.2, 0.25) is 0 Å². The van der Waals surface area contributed by atoms with Gasteiger partial charge in [0, 0.05) is 6.54 Å². The zero-order valence-electron chi connectivity index (χ0n) is 7.02. The number of aliphatic hydroxyl groups is 2. The summed E-state index contributed by atoms with van der Waals surface area (Å²) in [6.07, 6.45) is -1.78. The number of rotatable bonds is 4. The zero-order chi connectivity index (χ0) is 9.68. The number of aliphatic hydroxyl groups excluding tert-OH is 2. The van der Waals surface area contributed by atoms with E-state index in [1.165, 1.54) is 0 Å². The van der Waals surface area contributed by atoms with E-state index < -0.39 is 12.2 Å². The van der Waals surface area contributed by atoms with Gasteiger partial charge in [0.25, 0.3) is 0 Å². The van der Waals surface area contributed by atoms with Crippen LogP contribution in [0, 0.1) is 0 Å². The van der Waals surface area contributed by atoms with Gasteiger partial charge >= 0.3 is 0 Å². The monoisotopic (exact) mass is 201 g/mol. The summed E-state index contributed by atoms with van der Waals surface area (Å²) in [6.45, 7) is 0.150. The number of benzene rings is 1. The van der Waals surface area contributed by atoms with Crippen molar-refractivity contribution in [1.82, 2.24) is 4.84 Å². The van der Waals surface area contributed by atoms with Gasteiger partial charge in [-0.15, -0.1) is 0 Å². The molecule has 13 heavy (non-hydrogen) atoms. The Morgan fingerprint density at radius 3 is 2.38 bits per heavy atom. The fourth-order valence-corrected chi connectivity index (χ4v) is 1.22. The smallest absolute Gasteiger partial charge is 0.106 e. The number of hydrogen-bond donors (Lipinski definition) is 3. The van der Waals surface area contributed by atoms with Gasteiger partial charge < -0.3 is 10.2 Å². The molecule has 2 atom stereocenters. The van der Waals surface area contributed by atoms with Crippen LogP contribution in [0.2, 0.25) is 0 Å². The summed E-state index contributed by atoms with van der Waals surface area (Å²) in [5.74, 6) is 0. The summed E-state index contributed by atoms with van der Waals surface area (Å²) < 4.78 is 0. The van der Waals surface area contributed by atoms with Crippen molar-refractivity contribution in [2.24, 2.45) is 0 Å². The third-order valence-electron chi connectivity index (χ3n) is 1.79. The third kappa shape index (κ3) is 2.97. The van der Waals surface area contributed by atoms with Crippen LogP contribution in [0.25, 0.3) is 0 Å². The number of nitrogens with one attached hydrogen (secondary N) is 1. The molecule has 0 radical (unpaired) electrons. The van der Waals surface area contributed by atoms with Gasteiger partial charge in [0.15, 0.2) is 0 Å². The molecule has 0 fully saturated rings. The summed E-state index contributed by atoms with van der Waals surface area (Å²) in [5.41, 5.74) is 0.682. The zero-order valence-corrected chi connectivity index (χ0v) is 7.78. The first-order chi connectivity index (χ1) is 6.25. The molecule has 72 valence electrons. The summed E-state index contributed by atoms with van der Waals surface area (Å²) in [6, 6.07) is 8.96. The van der Waals surface area contributed by atoms with Crippen molar-refractivity contribution in [1.29, 1.82) is 0 Å². The van der Waals surface area contributed by atoms with Crippen molar-refractivity contribution in [2.75, 3.05) is 6.54 Å². The van der Waals surface area contributed by atoms with E-state index in [1.54, 1.807) is 24.3 Å². The van der Waals surface area contributed by atoms with Crippen LogP contribution in [-0.4, -0.2) is 22.9 Å². The average Bonchev–Trinajstić information content (AvgIpc) is 2.18. The van der Waals surface area contributed by atoms with Crippen LogP contribution >= 0.6 is 11.8 Å². The molecule has 1 aromatic carbocycles. The summed E-state index contributed by atoms with van der Waals surface area (Å²) in [7, 11) is 0. The lowest BCUT2D eigenvalue weighted by Gasteiger charge is -2.16. The molecule has 2 unspecified atom stereocenters. The van der Waals surface area contributed by atoms with Crippen molar-refractivity contribution >= 4 is 11.8 Å². The van der Waals surface area contributed by atoms with E-state index in [0.717, 1.165) is 0 Å². The van der Waals surface area contributed by atoms with Crippen molar-refractivity contribution < 1.29 is 10.2 Å². The molecule has 0 aromatic heterocycles. The maximum absolute atomic E-state index is 9.57. The lowest BCUT2D eigenvalue weighted by atomic mass is 10.1. The van der Waals surface area contributed by atoms with E-state index in [9.17, 15) is 10.2 Å². The fourth-order valence-electron chi connectivity index (χ4n) is 1.06. The van der Waals surface area contributed by atoms with Gasteiger partial charge in [0.05, 0.1) is 6.10 Å². The van der Waals surface area contributed by atoms with E-state index in [4.69, 9.17) is 11.8 Å². The van der Waals surface area contributed by atoms with Gasteiger partial charge in [-0.3, -0.25) is 0 Å². The topological polar surface area (TPSA) is 52.5 Å². The first-order valence-corrected chi connectivity index (χ1v) is 4.38. The molecule has 0 saturated carbocycles. The first kappa shape index (κ1) is 10.5. The minimum Gasteiger partial charge on any atom is -0.389 e. The summed E-state index contributed by atoms with van der Waals surface area (Å²) in [5, 5.41) is 18.9. The predicted molar refractivity (Wildman–Crippen MR) is 51.3 cm³/mol. The Morgan fingerprint density at radius 2 is 1.85 bits per heavy atom. The third-order valence-corrected chi connectivity index (χ3v) is 1.95. The SMILES string of the molecule is OC(CNCl)C(O)c1ccccc1. The summed E-state index contributed by atoms with van der Waals surface area (Å²) >= 11 is 5.21. The highest BCUT2D eigenvalue weighted by Gasteiger charge is 2.16. The normalized spacial score (nSPS) is 15.3. The molecule has 4 heteroatoms. The van der Waals surface area contributed by atoms with Crippen molar-refractivity contribution in [2.45, 2.75) is 12.2 Å². The van der Waals surface area contributed by atoms with Gasteiger partial charge in [-0.25, -0.2) is 4.84 Å². The Morgan fingerprint density at radius 1 is 1.23 bits per heavy atom. The van der Waals surface area contributed by atoms with Crippen molar-refractivity contribution in [3.63, 3.8) is 0 Å². The van der Waals surface area contributed by atoms with Crippen LogP contribution in [0.4, 0.5) is 0 Å². The molecule has 1 aromatic rings. The van der Waals surface area contributed by atoms with Gasteiger partial charge in [-0.05, 0) is 17.3 Å². The fraction of sp³-hybridized carbons (Fsp3) is 0.333. The molecule has 0 spiro atoms. The predicted octanol–water partition coefficient (Wildman–Crippen LogP) is 0.824. The molecule has 0 heterocycles. The Labute approximate surface area is 82.1 Å². The quantitative estimate of drug-likeness (QED) is 0.633. The van der Waals surface area contributed by atoms with Crippen LogP contribution in [-0.2, 0) is 0 Å². The Hall–Kier alpha value is -0.610.